The van der Waals surface area contributed by atoms with Gasteiger partial charge in [0.1, 0.15) is 5.75 Å². The van der Waals surface area contributed by atoms with E-state index >= 15 is 0 Å². The van der Waals surface area contributed by atoms with Gasteiger partial charge in [-0.05, 0) is 48.6 Å². The smallest absolute Gasteiger partial charge is 0.387 e. The second-order valence-electron chi connectivity index (χ2n) is 4.11. The first-order valence-electron chi connectivity index (χ1n) is 6.02. The Hall–Kier alpha value is -1.63. The zero-order valence-electron chi connectivity index (χ0n) is 10.9. The molecule has 0 atom stereocenters. The van der Waals surface area contributed by atoms with Crippen LogP contribution in [0.2, 0.25) is 10.0 Å². The summed E-state index contributed by atoms with van der Waals surface area (Å²) in [6.45, 7) is -2.93. The van der Waals surface area contributed by atoms with Gasteiger partial charge in [-0.25, -0.2) is 0 Å². The fraction of sp³-hybridized carbons (Fsp3) is 0.0714. The van der Waals surface area contributed by atoms with Crippen LogP contribution < -0.4 is 15.4 Å². The number of rotatable bonds is 4. The van der Waals surface area contributed by atoms with Crippen molar-refractivity contribution in [3.05, 3.63) is 52.5 Å². The van der Waals surface area contributed by atoms with E-state index in [1.165, 1.54) is 18.2 Å². The maximum Gasteiger partial charge on any atom is 0.387 e. The van der Waals surface area contributed by atoms with Crippen LogP contribution in [0.3, 0.4) is 0 Å². The molecule has 0 aliphatic carbocycles. The van der Waals surface area contributed by atoms with Gasteiger partial charge >= 0.3 is 6.61 Å². The average Bonchev–Trinajstić information content (AvgIpc) is 2.41. The van der Waals surface area contributed by atoms with Crippen molar-refractivity contribution in [2.75, 3.05) is 10.6 Å². The van der Waals surface area contributed by atoms with Gasteiger partial charge in [0.25, 0.3) is 0 Å². The van der Waals surface area contributed by atoms with Crippen molar-refractivity contribution in [1.82, 2.24) is 0 Å². The summed E-state index contributed by atoms with van der Waals surface area (Å²) in [5.74, 6) is -0.101. The fourth-order valence-corrected chi connectivity index (χ4v) is 2.28. The standard InChI is InChI=1S/C14H10Cl2F2N2OS/c15-8-2-1-3-9(6-8)19-14(22)20-10-4-5-12(11(16)7-10)21-13(17)18/h1-7,13H,(H2,19,20,22). The Bertz CT molecular complexity index is 686. The Morgan fingerprint density at radius 3 is 2.32 bits per heavy atom. The maximum absolute atomic E-state index is 12.1. The number of hydrogen-bond acceptors (Lipinski definition) is 2. The lowest BCUT2D eigenvalue weighted by molar-refractivity contribution is -0.0497. The number of ether oxygens (including phenoxy) is 1. The van der Waals surface area contributed by atoms with E-state index in [2.05, 4.69) is 15.4 Å². The summed E-state index contributed by atoms with van der Waals surface area (Å²) >= 11 is 16.9. The van der Waals surface area contributed by atoms with Gasteiger partial charge in [0.2, 0.25) is 0 Å². The summed E-state index contributed by atoms with van der Waals surface area (Å²) < 4.78 is 28.6. The van der Waals surface area contributed by atoms with Crippen LogP contribution in [0.25, 0.3) is 0 Å². The van der Waals surface area contributed by atoms with E-state index in [9.17, 15) is 8.78 Å². The Morgan fingerprint density at radius 1 is 1.05 bits per heavy atom. The molecule has 0 saturated heterocycles. The molecule has 2 N–H and O–H groups in total. The highest BCUT2D eigenvalue weighted by Gasteiger charge is 2.09. The molecule has 116 valence electrons. The fourth-order valence-electron chi connectivity index (χ4n) is 1.63. The third kappa shape index (κ3) is 4.98. The lowest BCUT2D eigenvalue weighted by atomic mass is 10.3. The molecule has 0 heterocycles. The van der Waals surface area contributed by atoms with Crippen LogP contribution in [0.4, 0.5) is 20.2 Å². The molecular weight excluding hydrogens is 353 g/mol. The minimum atomic E-state index is -2.93. The van der Waals surface area contributed by atoms with Crippen LogP contribution in [0, 0.1) is 0 Å². The van der Waals surface area contributed by atoms with Crippen molar-refractivity contribution in [2.45, 2.75) is 6.61 Å². The number of thiocarbonyl (C=S) groups is 1. The number of alkyl halides is 2. The van der Waals surface area contributed by atoms with Crippen molar-refractivity contribution in [2.24, 2.45) is 0 Å². The van der Waals surface area contributed by atoms with Crippen molar-refractivity contribution in [1.29, 1.82) is 0 Å². The number of hydrogen-bond donors (Lipinski definition) is 2. The lowest BCUT2D eigenvalue weighted by Gasteiger charge is -2.12. The van der Waals surface area contributed by atoms with E-state index in [4.69, 9.17) is 35.4 Å². The summed E-state index contributed by atoms with van der Waals surface area (Å²) in [4.78, 5) is 0. The highest BCUT2D eigenvalue weighted by molar-refractivity contribution is 7.80. The predicted octanol–water partition coefficient (Wildman–Crippen LogP) is 5.40. The summed E-state index contributed by atoms with van der Waals surface area (Å²) in [7, 11) is 0. The normalized spacial score (nSPS) is 10.4. The van der Waals surface area contributed by atoms with E-state index in [1.807, 2.05) is 0 Å². The SMILES string of the molecule is FC(F)Oc1ccc(NC(=S)Nc2cccc(Cl)c2)cc1Cl. The molecule has 0 radical (unpaired) electrons. The van der Waals surface area contributed by atoms with Gasteiger partial charge in [0.15, 0.2) is 5.11 Å². The molecule has 0 amide bonds. The highest BCUT2D eigenvalue weighted by Crippen LogP contribution is 2.29. The quantitative estimate of drug-likeness (QED) is 0.713. The molecule has 0 unspecified atom stereocenters. The minimum Gasteiger partial charge on any atom is -0.433 e. The summed E-state index contributed by atoms with van der Waals surface area (Å²) in [6, 6.07) is 11.3. The van der Waals surface area contributed by atoms with Gasteiger partial charge in [-0.2, -0.15) is 8.78 Å². The van der Waals surface area contributed by atoms with Gasteiger partial charge in [0.05, 0.1) is 5.02 Å². The van der Waals surface area contributed by atoms with Crippen LogP contribution in [-0.2, 0) is 0 Å². The topological polar surface area (TPSA) is 33.3 Å². The summed E-state index contributed by atoms with van der Waals surface area (Å²) in [5, 5.41) is 6.75. The second kappa shape index (κ2) is 7.58. The van der Waals surface area contributed by atoms with Crippen LogP contribution in [0.15, 0.2) is 42.5 Å². The van der Waals surface area contributed by atoms with Crippen molar-refractivity contribution < 1.29 is 13.5 Å². The highest BCUT2D eigenvalue weighted by atomic mass is 35.5. The molecule has 0 bridgehead atoms. The van der Waals surface area contributed by atoms with Crippen LogP contribution >= 0.6 is 35.4 Å². The minimum absolute atomic E-state index is 0.0517. The Morgan fingerprint density at radius 2 is 1.73 bits per heavy atom. The molecule has 2 aromatic carbocycles. The molecule has 0 saturated carbocycles. The van der Waals surface area contributed by atoms with E-state index in [-0.39, 0.29) is 10.8 Å². The number of benzene rings is 2. The van der Waals surface area contributed by atoms with Crippen LogP contribution in [0.1, 0.15) is 0 Å². The Labute approximate surface area is 141 Å². The van der Waals surface area contributed by atoms with E-state index < -0.39 is 6.61 Å². The molecule has 0 aromatic heterocycles. The van der Waals surface area contributed by atoms with Crippen LogP contribution in [-0.4, -0.2) is 11.7 Å². The first-order valence-corrected chi connectivity index (χ1v) is 7.18. The zero-order valence-corrected chi connectivity index (χ0v) is 13.3. The van der Waals surface area contributed by atoms with E-state index in [1.54, 1.807) is 24.3 Å². The molecule has 0 aliphatic heterocycles. The van der Waals surface area contributed by atoms with Gasteiger partial charge in [-0.15, -0.1) is 0 Å². The molecule has 2 aromatic rings. The van der Waals surface area contributed by atoms with Crippen molar-refractivity contribution >= 4 is 51.9 Å². The van der Waals surface area contributed by atoms with E-state index in [0.29, 0.717) is 21.5 Å². The Balaban J connectivity index is 2.01. The number of anilines is 2. The van der Waals surface area contributed by atoms with Gasteiger partial charge in [-0.1, -0.05) is 29.3 Å². The molecule has 0 fully saturated rings. The molecule has 8 heteroatoms. The van der Waals surface area contributed by atoms with Crippen molar-refractivity contribution in [3.63, 3.8) is 0 Å². The zero-order chi connectivity index (χ0) is 16.1. The third-order valence-electron chi connectivity index (χ3n) is 2.49. The summed E-state index contributed by atoms with van der Waals surface area (Å²) in [5.41, 5.74) is 1.25. The molecule has 0 spiro atoms. The molecule has 3 nitrogen and oxygen atoms in total. The second-order valence-corrected chi connectivity index (χ2v) is 5.37. The number of halogens is 4. The van der Waals surface area contributed by atoms with Gasteiger partial charge in [0, 0.05) is 16.4 Å². The van der Waals surface area contributed by atoms with Gasteiger partial charge in [-0.3, -0.25) is 0 Å². The first kappa shape index (κ1) is 16.7. The average molecular weight is 363 g/mol. The molecule has 22 heavy (non-hydrogen) atoms. The lowest BCUT2D eigenvalue weighted by Crippen LogP contribution is -2.19. The van der Waals surface area contributed by atoms with Crippen molar-refractivity contribution in [3.8, 4) is 5.75 Å². The molecular formula is C14H10Cl2F2N2OS. The number of nitrogens with one attached hydrogen (secondary N) is 2. The van der Waals surface area contributed by atoms with Gasteiger partial charge < -0.3 is 15.4 Å². The maximum atomic E-state index is 12.1. The third-order valence-corrected chi connectivity index (χ3v) is 3.22. The van der Waals surface area contributed by atoms with Crippen LogP contribution in [0.5, 0.6) is 5.75 Å². The monoisotopic (exact) mass is 362 g/mol. The summed E-state index contributed by atoms with van der Waals surface area (Å²) in [6.07, 6.45) is 0. The predicted molar refractivity (Wildman–Crippen MR) is 89.4 cm³/mol. The molecule has 2 rings (SSSR count). The molecule has 0 aliphatic rings. The largest absolute Gasteiger partial charge is 0.433 e. The van der Waals surface area contributed by atoms with E-state index in [0.717, 1.165) is 0 Å². The Kier molecular flexibility index (Phi) is 5.76. The first-order chi connectivity index (χ1) is 10.4.